The van der Waals surface area contributed by atoms with Crippen molar-refractivity contribution in [3.63, 3.8) is 0 Å². The van der Waals surface area contributed by atoms with Gasteiger partial charge in [-0.1, -0.05) is 13.8 Å². The fourth-order valence-electron chi connectivity index (χ4n) is 8.57. The molecular formula is C24H33NO5. The number of esters is 1. The van der Waals surface area contributed by atoms with Crippen LogP contribution in [-0.4, -0.2) is 45.2 Å². The van der Waals surface area contributed by atoms with Gasteiger partial charge >= 0.3 is 5.97 Å². The zero-order chi connectivity index (χ0) is 21.5. The minimum Gasteiger partial charge on any atom is -0.457 e. The van der Waals surface area contributed by atoms with Crippen LogP contribution in [0.1, 0.15) is 71.6 Å². The van der Waals surface area contributed by atoms with Crippen molar-refractivity contribution >= 4 is 5.97 Å². The number of ether oxygens (including phenoxy) is 1. The molecule has 6 nitrogen and oxygen atoms in total. The van der Waals surface area contributed by atoms with Crippen molar-refractivity contribution < 1.29 is 24.9 Å². The van der Waals surface area contributed by atoms with Crippen molar-refractivity contribution in [2.45, 2.75) is 88.9 Å². The Morgan fingerprint density at radius 2 is 1.70 bits per heavy atom. The molecular weight excluding hydrogens is 382 g/mol. The fraction of sp³-hybridized carbons (Fsp3) is 0.833. The first-order valence-electron chi connectivity index (χ1n) is 11.5. The molecule has 0 spiro atoms. The molecule has 6 heteroatoms. The largest absolute Gasteiger partial charge is 0.457 e. The molecule has 30 heavy (non-hydrogen) atoms. The summed E-state index contributed by atoms with van der Waals surface area (Å²) in [7, 11) is 0. The second kappa shape index (κ2) is 6.31. The van der Waals surface area contributed by atoms with E-state index in [0.717, 1.165) is 37.7 Å². The minimum absolute atomic E-state index is 0.0219. The quantitative estimate of drug-likeness (QED) is 0.568. The lowest BCUT2D eigenvalue weighted by molar-refractivity contribution is -0.254. The van der Waals surface area contributed by atoms with Crippen LogP contribution in [0.25, 0.3) is 0 Å². The molecule has 1 aliphatic heterocycles. The van der Waals surface area contributed by atoms with E-state index in [-0.39, 0.29) is 35.3 Å². The van der Waals surface area contributed by atoms with Crippen LogP contribution in [0, 0.1) is 39.9 Å². The van der Waals surface area contributed by atoms with Crippen molar-refractivity contribution in [3.8, 4) is 6.07 Å². The van der Waals surface area contributed by atoms with Gasteiger partial charge in [0.2, 0.25) is 0 Å². The van der Waals surface area contributed by atoms with Gasteiger partial charge in [-0.2, -0.15) is 5.26 Å². The molecule has 4 saturated carbocycles. The number of aliphatic hydroxyl groups is 3. The summed E-state index contributed by atoms with van der Waals surface area (Å²) < 4.78 is 5.18. The maximum atomic E-state index is 12.2. The summed E-state index contributed by atoms with van der Waals surface area (Å²) in [5.41, 5.74) is -1.53. The van der Waals surface area contributed by atoms with Gasteiger partial charge in [-0.3, -0.25) is 0 Å². The van der Waals surface area contributed by atoms with Crippen molar-refractivity contribution in [2.75, 3.05) is 6.61 Å². The molecule has 4 aliphatic carbocycles. The number of nitrogens with zero attached hydrogens (tertiary/aromatic N) is 1. The number of hydrogen-bond donors (Lipinski definition) is 3. The average molecular weight is 416 g/mol. The Hall–Kier alpha value is -1.42. The van der Waals surface area contributed by atoms with Crippen molar-refractivity contribution in [1.82, 2.24) is 0 Å². The van der Waals surface area contributed by atoms with Crippen LogP contribution in [-0.2, 0) is 9.53 Å². The van der Waals surface area contributed by atoms with E-state index in [0.29, 0.717) is 25.7 Å². The van der Waals surface area contributed by atoms with Crippen LogP contribution in [0.15, 0.2) is 11.1 Å². The van der Waals surface area contributed by atoms with Crippen LogP contribution in [0.4, 0.5) is 0 Å². The van der Waals surface area contributed by atoms with E-state index >= 15 is 0 Å². The molecule has 5 rings (SSSR count). The van der Waals surface area contributed by atoms with Crippen LogP contribution in [0.2, 0.25) is 0 Å². The van der Waals surface area contributed by atoms with Gasteiger partial charge in [0.15, 0.2) is 0 Å². The van der Waals surface area contributed by atoms with Gasteiger partial charge in [-0.15, -0.1) is 0 Å². The highest BCUT2D eigenvalue weighted by Crippen LogP contribution is 2.70. The topological polar surface area (TPSA) is 111 Å². The maximum Gasteiger partial charge on any atom is 0.349 e. The predicted octanol–water partition coefficient (Wildman–Crippen LogP) is 2.61. The molecule has 0 aromatic heterocycles. The average Bonchev–Trinajstić information content (AvgIpc) is 3.19. The van der Waals surface area contributed by atoms with E-state index in [1.807, 2.05) is 6.07 Å². The van der Waals surface area contributed by atoms with Gasteiger partial charge in [0.05, 0.1) is 17.3 Å². The summed E-state index contributed by atoms with van der Waals surface area (Å²) in [6.07, 6.45) is 5.98. The highest BCUT2D eigenvalue weighted by Gasteiger charge is 2.70. The number of hydrogen-bond acceptors (Lipinski definition) is 6. The monoisotopic (exact) mass is 415 g/mol. The lowest BCUT2D eigenvalue weighted by Crippen LogP contribution is -2.67. The molecule has 8 atom stereocenters. The lowest BCUT2D eigenvalue weighted by Gasteiger charge is -2.66. The van der Waals surface area contributed by atoms with Gasteiger partial charge in [0.25, 0.3) is 0 Å². The number of carbonyl (C=O) groups is 1. The smallest absolute Gasteiger partial charge is 0.349 e. The number of aliphatic hydroxyl groups excluding tert-OH is 1. The predicted molar refractivity (Wildman–Crippen MR) is 108 cm³/mol. The molecule has 3 N–H and O–H groups in total. The number of carbonyl (C=O) groups excluding carboxylic acids is 1. The van der Waals surface area contributed by atoms with Gasteiger partial charge in [-0.05, 0) is 80.1 Å². The minimum atomic E-state index is -0.875. The highest BCUT2D eigenvalue weighted by atomic mass is 16.5. The molecule has 0 aromatic carbocycles. The van der Waals surface area contributed by atoms with E-state index in [2.05, 4.69) is 13.8 Å². The number of rotatable bonds is 1. The summed E-state index contributed by atoms with van der Waals surface area (Å²) in [4.78, 5) is 12.0. The van der Waals surface area contributed by atoms with Gasteiger partial charge in [0, 0.05) is 11.8 Å². The fourth-order valence-corrected chi connectivity index (χ4v) is 8.57. The molecule has 4 fully saturated rings. The third-order valence-electron chi connectivity index (χ3n) is 10.4. The third-order valence-corrected chi connectivity index (χ3v) is 10.4. The first-order chi connectivity index (χ1) is 14.1. The summed E-state index contributed by atoms with van der Waals surface area (Å²) in [6, 6.07) is 2.04. The summed E-state index contributed by atoms with van der Waals surface area (Å²) in [5.74, 6) is -0.250. The van der Waals surface area contributed by atoms with Crippen LogP contribution >= 0.6 is 0 Å². The van der Waals surface area contributed by atoms with Crippen LogP contribution < -0.4 is 0 Å². The Labute approximate surface area is 177 Å². The number of nitriles is 1. The first kappa shape index (κ1) is 20.5. The van der Waals surface area contributed by atoms with Crippen molar-refractivity contribution in [2.24, 2.45) is 28.6 Å². The Morgan fingerprint density at radius 3 is 2.43 bits per heavy atom. The zero-order valence-corrected chi connectivity index (χ0v) is 18.0. The Balaban J connectivity index is 1.51. The number of fused-ring (bicyclic) bond motifs is 5. The molecule has 0 bridgehead atoms. The normalized spacial score (nSPS) is 52.9. The summed E-state index contributed by atoms with van der Waals surface area (Å²) in [6.45, 7) is 4.48. The molecule has 1 heterocycles. The van der Waals surface area contributed by atoms with E-state index in [9.17, 15) is 25.4 Å². The van der Waals surface area contributed by atoms with Gasteiger partial charge < -0.3 is 20.1 Å². The summed E-state index contributed by atoms with van der Waals surface area (Å²) >= 11 is 0. The van der Waals surface area contributed by atoms with Crippen molar-refractivity contribution in [3.05, 3.63) is 11.1 Å². The second-order valence-corrected chi connectivity index (χ2v) is 11.2. The first-order valence-corrected chi connectivity index (χ1v) is 11.5. The molecule has 0 amide bonds. The lowest BCUT2D eigenvalue weighted by atomic mass is 9.42. The Kier molecular flexibility index (Phi) is 4.31. The third kappa shape index (κ3) is 2.32. The van der Waals surface area contributed by atoms with E-state index in [1.165, 1.54) is 0 Å². The number of cyclic esters (lactones) is 1. The Morgan fingerprint density at radius 1 is 1.00 bits per heavy atom. The van der Waals surface area contributed by atoms with E-state index in [1.54, 1.807) is 0 Å². The molecule has 1 unspecified atom stereocenters. The van der Waals surface area contributed by atoms with Crippen LogP contribution in [0.3, 0.4) is 0 Å². The standard InChI is InChI=1S/C24H33NO5/c1-21-7-3-14(26)11-23(21,28)9-5-19-18(21)4-8-22(2)17(6-10-24(19,22)29)16-13-30-20(27)15(16)12-25/h14,17-19,26,28-29H,3-11,13H2,1-2H3/t14-,17+,18-,19+,21+,22+,23-,24?/m0/s1. The van der Waals surface area contributed by atoms with Crippen LogP contribution in [0.5, 0.6) is 0 Å². The van der Waals surface area contributed by atoms with E-state index in [4.69, 9.17) is 4.74 Å². The SMILES string of the molecule is C[C@]12CC[C@H]3[C@@H](CC[C@]4(O)C[C@@H](O)CC[C@]34C)C1(O)CC[C@@H]2C1=C(C#N)C(=O)OC1. The van der Waals surface area contributed by atoms with E-state index < -0.39 is 28.7 Å². The molecule has 0 radical (unpaired) electrons. The van der Waals surface area contributed by atoms with Gasteiger partial charge in [0.1, 0.15) is 18.2 Å². The molecule has 164 valence electrons. The highest BCUT2D eigenvalue weighted by molar-refractivity contribution is 5.96. The van der Waals surface area contributed by atoms with Crippen molar-refractivity contribution in [1.29, 1.82) is 5.26 Å². The summed E-state index contributed by atoms with van der Waals surface area (Å²) in [5, 5.41) is 43.4. The molecule has 0 aromatic rings. The zero-order valence-electron chi connectivity index (χ0n) is 18.0. The molecule has 0 saturated heterocycles. The molecule has 5 aliphatic rings. The second-order valence-electron chi connectivity index (χ2n) is 11.2. The Bertz CT molecular complexity index is 862. The van der Waals surface area contributed by atoms with Gasteiger partial charge in [-0.25, -0.2) is 4.79 Å². The maximum absolute atomic E-state index is 12.2.